The van der Waals surface area contributed by atoms with E-state index in [4.69, 9.17) is 19.3 Å². The van der Waals surface area contributed by atoms with Crippen LogP contribution in [0.25, 0.3) is 0 Å². The minimum Gasteiger partial charge on any atom is -0.481 e. The van der Waals surface area contributed by atoms with Crippen molar-refractivity contribution in [3.05, 3.63) is 42.5 Å². The molecule has 1 aromatic carbocycles. The number of hydrogen-bond acceptors (Lipinski definition) is 9. The van der Waals surface area contributed by atoms with Crippen LogP contribution in [0.2, 0.25) is 0 Å². The molecule has 2 aliphatic rings. The zero-order valence-electron chi connectivity index (χ0n) is 19.9. The van der Waals surface area contributed by atoms with Gasteiger partial charge >= 0.3 is 29.8 Å². The molecule has 0 atom stereocenters. The molecule has 0 saturated heterocycles. The SMILES string of the molecule is C=CC(=O)OCOC(=O)C1CCC(C(=O)Oc2ccc(C(=O)OC3CCC(C(=O)O)CC3)cc2)CC1. The Morgan fingerprint density at radius 1 is 0.806 bits per heavy atom. The topological polar surface area (TPSA) is 142 Å². The van der Waals surface area contributed by atoms with E-state index in [0.717, 1.165) is 6.08 Å². The van der Waals surface area contributed by atoms with E-state index in [2.05, 4.69) is 11.3 Å². The van der Waals surface area contributed by atoms with Crippen molar-refractivity contribution in [1.29, 1.82) is 0 Å². The molecule has 0 bridgehead atoms. The van der Waals surface area contributed by atoms with Gasteiger partial charge < -0.3 is 24.1 Å². The minimum atomic E-state index is -0.816. The molecule has 2 fully saturated rings. The predicted octanol–water partition coefficient (Wildman–Crippen LogP) is 3.43. The number of carbonyl (C=O) groups excluding carboxylic acids is 4. The molecule has 0 aliphatic heterocycles. The molecule has 36 heavy (non-hydrogen) atoms. The zero-order chi connectivity index (χ0) is 26.1. The largest absolute Gasteiger partial charge is 0.481 e. The smallest absolute Gasteiger partial charge is 0.338 e. The second kappa shape index (κ2) is 12.9. The summed E-state index contributed by atoms with van der Waals surface area (Å²) in [7, 11) is 0. The van der Waals surface area contributed by atoms with Crippen LogP contribution in [0.4, 0.5) is 0 Å². The standard InChI is InChI=1S/C26H30O10/c1-2-22(27)33-15-34-24(30)17-3-5-18(6-4-17)25(31)36-21-13-9-19(10-14-21)26(32)35-20-11-7-16(8-12-20)23(28)29/h2,9-10,13-14,16-18,20H,1,3-8,11-12,15H2,(H,28,29). The van der Waals surface area contributed by atoms with Crippen molar-refractivity contribution >= 4 is 29.8 Å². The number of carboxylic acid groups (broad SMARTS) is 1. The van der Waals surface area contributed by atoms with Crippen LogP contribution in [-0.2, 0) is 33.4 Å². The summed E-state index contributed by atoms with van der Waals surface area (Å²) in [6, 6.07) is 6.06. The fourth-order valence-electron chi connectivity index (χ4n) is 4.39. The Hall–Kier alpha value is -3.69. The van der Waals surface area contributed by atoms with E-state index < -0.39 is 36.6 Å². The van der Waals surface area contributed by atoms with E-state index in [1.165, 1.54) is 24.3 Å². The van der Waals surface area contributed by atoms with Crippen molar-refractivity contribution in [2.45, 2.75) is 57.5 Å². The Kier molecular flexibility index (Phi) is 9.61. The third-order valence-electron chi connectivity index (χ3n) is 6.57. The van der Waals surface area contributed by atoms with E-state index in [1.54, 1.807) is 0 Å². The van der Waals surface area contributed by atoms with Crippen LogP contribution in [0, 0.1) is 17.8 Å². The molecule has 2 aliphatic carbocycles. The first-order valence-corrected chi connectivity index (χ1v) is 12.0. The molecular weight excluding hydrogens is 472 g/mol. The minimum absolute atomic E-state index is 0.295. The van der Waals surface area contributed by atoms with Gasteiger partial charge in [0.25, 0.3) is 0 Å². The first-order chi connectivity index (χ1) is 17.3. The fourth-order valence-corrected chi connectivity index (χ4v) is 4.39. The Morgan fingerprint density at radius 3 is 1.92 bits per heavy atom. The van der Waals surface area contributed by atoms with Gasteiger partial charge in [0, 0.05) is 6.08 Å². The quantitative estimate of drug-likeness (QED) is 0.231. The molecule has 1 aromatic rings. The van der Waals surface area contributed by atoms with E-state index in [1.807, 2.05) is 0 Å². The van der Waals surface area contributed by atoms with Crippen LogP contribution in [0.5, 0.6) is 5.75 Å². The molecule has 10 nitrogen and oxygen atoms in total. The predicted molar refractivity (Wildman–Crippen MR) is 124 cm³/mol. The van der Waals surface area contributed by atoms with Crippen LogP contribution in [0.1, 0.15) is 61.7 Å². The summed E-state index contributed by atoms with van der Waals surface area (Å²) in [4.78, 5) is 59.0. The van der Waals surface area contributed by atoms with Crippen LogP contribution in [-0.4, -0.2) is 47.8 Å². The first-order valence-electron chi connectivity index (χ1n) is 12.0. The second-order valence-corrected chi connectivity index (χ2v) is 8.96. The zero-order valence-corrected chi connectivity index (χ0v) is 19.9. The number of benzene rings is 1. The monoisotopic (exact) mass is 502 g/mol. The van der Waals surface area contributed by atoms with Gasteiger partial charge in [0.2, 0.25) is 6.79 Å². The Balaban J connectivity index is 1.40. The van der Waals surface area contributed by atoms with E-state index >= 15 is 0 Å². The van der Waals surface area contributed by atoms with Gasteiger partial charge in [0.15, 0.2) is 0 Å². The molecule has 3 rings (SSSR count). The number of carbonyl (C=O) groups is 5. The third-order valence-corrected chi connectivity index (χ3v) is 6.57. The number of ether oxygens (including phenoxy) is 4. The van der Waals surface area contributed by atoms with Crippen LogP contribution >= 0.6 is 0 Å². The van der Waals surface area contributed by atoms with Gasteiger partial charge in [-0.2, -0.15) is 0 Å². The lowest BCUT2D eigenvalue weighted by Gasteiger charge is -2.26. The Bertz CT molecular complexity index is 967. The number of esters is 4. The molecule has 0 amide bonds. The van der Waals surface area contributed by atoms with Crippen molar-refractivity contribution in [3.63, 3.8) is 0 Å². The molecule has 10 heteroatoms. The number of carboxylic acids is 1. The summed E-state index contributed by atoms with van der Waals surface area (Å²) in [6.45, 7) is 2.78. The maximum absolute atomic E-state index is 12.5. The molecule has 1 N–H and O–H groups in total. The molecular formula is C26H30O10. The molecule has 194 valence electrons. The lowest BCUT2D eigenvalue weighted by molar-refractivity contribution is -0.169. The van der Waals surface area contributed by atoms with E-state index in [0.29, 0.717) is 62.7 Å². The van der Waals surface area contributed by atoms with Crippen LogP contribution < -0.4 is 4.74 Å². The second-order valence-electron chi connectivity index (χ2n) is 8.96. The van der Waals surface area contributed by atoms with Gasteiger partial charge in [-0.25, -0.2) is 9.59 Å². The van der Waals surface area contributed by atoms with Gasteiger partial charge in [0.1, 0.15) is 11.9 Å². The fraction of sp³-hybridized carbons (Fsp3) is 0.500. The van der Waals surface area contributed by atoms with Crippen molar-refractivity contribution in [2.24, 2.45) is 17.8 Å². The van der Waals surface area contributed by atoms with Crippen molar-refractivity contribution < 1.29 is 48.0 Å². The summed E-state index contributed by atoms with van der Waals surface area (Å²) in [5.41, 5.74) is 0.313. The summed E-state index contributed by atoms with van der Waals surface area (Å²) in [5.74, 6) is -3.71. The molecule has 0 unspecified atom stereocenters. The van der Waals surface area contributed by atoms with Crippen molar-refractivity contribution in [1.82, 2.24) is 0 Å². The highest BCUT2D eigenvalue weighted by molar-refractivity contribution is 5.89. The highest BCUT2D eigenvalue weighted by Crippen LogP contribution is 2.31. The highest BCUT2D eigenvalue weighted by atomic mass is 16.7. The maximum Gasteiger partial charge on any atom is 0.338 e. The maximum atomic E-state index is 12.5. The van der Waals surface area contributed by atoms with Crippen molar-refractivity contribution in [3.8, 4) is 5.75 Å². The number of hydrogen-bond donors (Lipinski definition) is 1. The summed E-state index contributed by atoms with van der Waals surface area (Å²) >= 11 is 0. The Morgan fingerprint density at radius 2 is 1.36 bits per heavy atom. The molecule has 0 aromatic heterocycles. The Labute approximate surface area is 208 Å². The van der Waals surface area contributed by atoms with Gasteiger partial charge in [-0.3, -0.25) is 14.4 Å². The average molecular weight is 503 g/mol. The highest BCUT2D eigenvalue weighted by Gasteiger charge is 2.32. The number of rotatable bonds is 9. The molecule has 2 saturated carbocycles. The van der Waals surface area contributed by atoms with E-state index in [9.17, 15) is 24.0 Å². The summed E-state index contributed by atoms with van der Waals surface area (Å²) in [5, 5.41) is 9.06. The third kappa shape index (κ3) is 7.66. The summed E-state index contributed by atoms with van der Waals surface area (Å²) < 4.78 is 20.5. The van der Waals surface area contributed by atoms with Gasteiger partial charge in [-0.05, 0) is 75.6 Å². The average Bonchev–Trinajstić information content (AvgIpc) is 2.89. The van der Waals surface area contributed by atoms with Crippen LogP contribution in [0.3, 0.4) is 0 Å². The van der Waals surface area contributed by atoms with Gasteiger partial charge in [-0.15, -0.1) is 0 Å². The molecule has 0 heterocycles. The molecule has 0 radical (unpaired) electrons. The van der Waals surface area contributed by atoms with Gasteiger partial charge in [-0.1, -0.05) is 6.58 Å². The summed E-state index contributed by atoms with van der Waals surface area (Å²) in [6.07, 6.45) is 4.48. The molecule has 0 spiro atoms. The number of aliphatic carboxylic acids is 1. The van der Waals surface area contributed by atoms with Gasteiger partial charge in [0.05, 0.1) is 23.3 Å². The van der Waals surface area contributed by atoms with Crippen molar-refractivity contribution in [2.75, 3.05) is 6.79 Å². The normalized spacial score (nSPS) is 23.6. The first kappa shape index (κ1) is 26.9. The van der Waals surface area contributed by atoms with Crippen LogP contribution in [0.15, 0.2) is 36.9 Å². The lowest BCUT2D eigenvalue weighted by atomic mass is 9.82. The van der Waals surface area contributed by atoms with E-state index in [-0.39, 0.29) is 23.9 Å². The lowest BCUT2D eigenvalue weighted by Crippen LogP contribution is -2.30.